The van der Waals surface area contributed by atoms with E-state index in [1.807, 2.05) is 0 Å². The standard InChI is InChI=1S/C13H19NS/c1-2-4-12(5-3-1)15-13-10-14-8-6-11(13)7-9-14/h1-4,11-13H,5-10H2. The topological polar surface area (TPSA) is 3.24 Å². The molecule has 2 heteroatoms. The Morgan fingerprint density at radius 2 is 2.00 bits per heavy atom. The molecule has 2 bridgehead atoms. The molecule has 3 fully saturated rings. The van der Waals surface area contributed by atoms with Gasteiger partial charge in [-0.3, -0.25) is 0 Å². The summed E-state index contributed by atoms with van der Waals surface area (Å²) in [4.78, 5) is 2.65. The summed E-state index contributed by atoms with van der Waals surface area (Å²) in [6, 6.07) is 0. The van der Waals surface area contributed by atoms with Gasteiger partial charge in [-0.25, -0.2) is 0 Å². The third-order valence-corrected chi connectivity index (χ3v) is 5.47. The van der Waals surface area contributed by atoms with E-state index in [0.717, 1.165) is 16.4 Å². The summed E-state index contributed by atoms with van der Waals surface area (Å²) in [6.45, 7) is 4.08. The maximum absolute atomic E-state index is 2.65. The van der Waals surface area contributed by atoms with E-state index in [4.69, 9.17) is 0 Å². The largest absolute Gasteiger partial charge is 0.302 e. The second-order valence-corrected chi connectivity index (χ2v) is 6.38. The van der Waals surface area contributed by atoms with Gasteiger partial charge in [0.25, 0.3) is 0 Å². The number of hydrogen-bond acceptors (Lipinski definition) is 2. The van der Waals surface area contributed by atoms with Gasteiger partial charge in [0.2, 0.25) is 0 Å². The molecule has 0 amide bonds. The molecule has 15 heavy (non-hydrogen) atoms. The van der Waals surface area contributed by atoms with E-state index in [1.165, 1.54) is 38.9 Å². The molecule has 3 heterocycles. The highest BCUT2D eigenvalue weighted by Gasteiger charge is 2.35. The summed E-state index contributed by atoms with van der Waals surface area (Å²) in [6.07, 6.45) is 13.2. The number of hydrogen-bond donors (Lipinski definition) is 0. The molecule has 0 aromatic heterocycles. The smallest absolute Gasteiger partial charge is 0.0268 e. The lowest BCUT2D eigenvalue weighted by atomic mass is 9.88. The van der Waals surface area contributed by atoms with Crippen molar-refractivity contribution in [2.45, 2.75) is 29.8 Å². The highest BCUT2D eigenvalue weighted by Crippen LogP contribution is 2.38. The van der Waals surface area contributed by atoms with E-state index >= 15 is 0 Å². The highest BCUT2D eigenvalue weighted by molar-refractivity contribution is 8.00. The van der Waals surface area contributed by atoms with Crippen molar-refractivity contribution in [3.05, 3.63) is 24.3 Å². The second kappa shape index (κ2) is 4.34. The SMILES string of the molecule is C1=CCC(SC2CN3CCC2CC3)C=C1. The van der Waals surface area contributed by atoms with Gasteiger partial charge < -0.3 is 4.90 Å². The fourth-order valence-corrected chi connectivity index (χ4v) is 4.59. The Morgan fingerprint density at radius 1 is 1.13 bits per heavy atom. The van der Waals surface area contributed by atoms with Crippen molar-refractivity contribution >= 4 is 11.8 Å². The average Bonchev–Trinajstić information content (AvgIpc) is 2.32. The molecule has 0 saturated carbocycles. The lowest BCUT2D eigenvalue weighted by Crippen LogP contribution is -2.49. The van der Waals surface area contributed by atoms with Crippen LogP contribution in [-0.4, -0.2) is 35.0 Å². The van der Waals surface area contributed by atoms with Crippen molar-refractivity contribution in [1.29, 1.82) is 0 Å². The maximum atomic E-state index is 2.65. The van der Waals surface area contributed by atoms with Gasteiger partial charge in [0, 0.05) is 17.0 Å². The third-order valence-electron chi connectivity index (χ3n) is 3.89. The molecule has 4 rings (SSSR count). The first-order valence-electron chi connectivity index (χ1n) is 6.13. The molecule has 0 aromatic carbocycles. The van der Waals surface area contributed by atoms with Crippen LogP contribution >= 0.6 is 11.8 Å². The molecule has 3 aliphatic heterocycles. The lowest BCUT2D eigenvalue weighted by Gasteiger charge is -2.45. The summed E-state index contributed by atoms with van der Waals surface area (Å²) < 4.78 is 0. The first-order chi connectivity index (χ1) is 7.42. The van der Waals surface area contributed by atoms with Crippen LogP contribution in [-0.2, 0) is 0 Å². The minimum absolute atomic E-state index is 0.751. The molecule has 4 aliphatic rings. The summed E-state index contributed by atoms with van der Waals surface area (Å²) in [7, 11) is 0. The van der Waals surface area contributed by atoms with Gasteiger partial charge >= 0.3 is 0 Å². The molecule has 0 spiro atoms. The first-order valence-corrected chi connectivity index (χ1v) is 7.07. The highest BCUT2D eigenvalue weighted by atomic mass is 32.2. The Bertz CT molecular complexity index is 276. The van der Waals surface area contributed by atoms with Crippen LogP contribution in [0.5, 0.6) is 0 Å². The predicted octanol–water partition coefficient (Wildman–Crippen LogP) is 2.70. The Hall–Kier alpha value is -0.210. The minimum Gasteiger partial charge on any atom is -0.302 e. The van der Waals surface area contributed by atoms with E-state index in [9.17, 15) is 0 Å². The van der Waals surface area contributed by atoms with Crippen LogP contribution in [0.4, 0.5) is 0 Å². The Balaban J connectivity index is 1.59. The molecule has 0 aromatic rings. The van der Waals surface area contributed by atoms with Gasteiger partial charge in [-0.2, -0.15) is 0 Å². The molecule has 0 N–H and O–H groups in total. The van der Waals surface area contributed by atoms with Gasteiger partial charge in [0.15, 0.2) is 0 Å². The fourth-order valence-electron chi connectivity index (χ4n) is 2.95. The average molecular weight is 221 g/mol. The summed E-state index contributed by atoms with van der Waals surface area (Å²) in [5.74, 6) is 1.01. The first kappa shape index (κ1) is 9.98. The molecular formula is C13H19NS. The summed E-state index contributed by atoms with van der Waals surface area (Å²) in [5, 5.41) is 1.66. The Labute approximate surface area is 96.6 Å². The van der Waals surface area contributed by atoms with Gasteiger partial charge in [0.05, 0.1) is 0 Å². The van der Waals surface area contributed by atoms with Crippen molar-refractivity contribution < 1.29 is 0 Å². The molecule has 1 nitrogen and oxygen atoms in total. The molecule has 0 radical (unpaired) electrons. The Kier molecular flexibility index (Phi) is 2.89. The number of piperidine rings is 3. The van der Waals surface area contributed by atoms with E-state index in [0.29, 0.717) is 0 Å². The van der Waals surface area contributed by atoms with Gasteiger partial charge in [-0.15, -0.1) is 11.8 Å². The van der Waals surface area contributed by atoms with Crippen LogP contribution in [0.3, 0.4) is 0 Å². The Morgan fingerprint density at radius 3 is 2.60 bits per heavy atom. The van der Waals surface area contributed by atoms with Crippen molar-refractivity contribution in [2.75, 3.05) is 19.6 Å². The van der Waals surface area contributed by atoms with Crippen LogP contribution < -0.4 is 0 Å². The number of rotatable bonds is 2. The lowest BCUT2D eigenvalue weighted by molar-refractivity contribution is 0.118. The normalized spacial score (nSPS) is 43.5. The monoisotopic (exact) mass is 221 g/mol. The van der Waals surface area contributed by atoms with E-state index in [-0.39, 0.29) is 0 Å². The van der Waals surface area contributed by atoms with Crippen LogP contribution in [0.25, 0.3) is 0 Å². The zero-order valence-corrected chi connectivity index (χ0v) is 9.96. The number of nitrogens with zero attached hydrogens (tertiary/aromatic N) is 1. The number of allylic oxidation sites excluding steroid dienone is 3. The molecule has 3 saturated heterocycles. The molecule has 82 valence electrons. The van der Waals surface area contributed by atoms with Crippen molar-refractivity contribution in [3.63, 3.8) is 0 Å². The van der Waals surface area contributed by atoms with Gasteiger partial charge in [-0.1, -0.05) is 24.3 Å². The summed E-state index contributed by atoms with van der Waals surface area (Å²) in [5.41, 5.74) is 0. The van der Waals surface area contributed by atoms with E-state index in [1.54, 1.807) is 0 Å². The van der Waals surface area contributed by atoms with Gasteiger partial charge in [0.1, 0.15) is 0 Å². The van der Waals surface area contributed by atoms with Crippen LogP contribution in [0, 0.1) is 5.92 Å². The van der Waals surface area contributed by atoms with Gasteiger partial charge in [-0.05, 0) is 38.3 Å². The molecule has 2 unspecified atom stereocenters. The maximum Gasteiger partial charge on any atom is 0.0268 e. The zero-order valence-electron chi connectivity index (χ0n) is 9.14. The summed E-state index contributed by atoms with van der Waals surface area (Å²) >= 11 is 2.22. The molecule has 1 aliphatic carbocycles. The van der Waals surface area contributed by atoms with E-state index in [2.05, 4.69) is 41.0 Å². The fraction of sp³-hybridized carbons (Fsp3) is 0.692. The second-order valence-electron chi connectivity index (χ2n) is 4.90. The third kappa shape index (κ3) is 2.16. The quantitative estimate of drug-likeness (QED) is 0.705. The molecular weight excluding hydrogens is 202 g/mol. The van der Waals surface area contributed by atoms with Crippen LogP contribution in [0.1, 0.15) is 19.3 Å². The minimum atomic E-state index is 0.751. The van der Waals surface area contributed by atoms with Crippen LogP contribution in [0.15, 0.2) is 24.3 Å². The van der Waals surface area contributed by atoms with Crippen molar-refractivity contribution in [2.24, 2.45) is 5.92 Å². The number of fused-ring (bicyclic) bond motifs is 3. The number of thioether (sulfide) groups is 1. The van der Waals surface area contributed by atoms with Crippen molar-refractivity contribution in [3.8, 4) is 0 Å². The predicted molar refractivity (Wildman–Crippen MR) is 67.2 cm³/mol. The zero-order chi connectivity index (χ0) is 10.1. The molecule has 2 atom stereocenters. The van der Waals surface area contributed by atoms with Crippen molar-refractivity contribution in [1.82, 2.24) is 4.90 Å². The van der Waals surface area contributed by atoms with Crippen LogP contribution in [0.2, 0.25) is 0 Å². The van der Waals surface area contributed by atoms with E-state index < -0.39 is 0 Å².